The summed E-state index contributed by atoms with van der Waals surface area (Å²) in [5.74, 6) is 0. The lowest BCUT2D eigenvalue weighted by molar-refractivity contribution is -0.00795. The molecule has 0 radical (unpaired) electrons. The van der Waals surface area contributed by atoms with E-state index < -0.39 is 0 Å². The van der Waals surface area contributed by atoms with Crippen LogP contribution in [0.4, 0.5) is 0 Å². The highest BCUT2D eigenvalue weighted by Crippen LogP contribution is 2.45. The number of nitrogens with one attached hydrogen (secondary N) is 1. The van der Waals surface area contributed by atoms with Gasteiger partial charge in [0.05, 0.1) is 0 Å². The number of nitrogens with zero attached hydrogens (tertiary/aromatic N) is 1. The second-order valence-corrected chi connectivity index (χ2v) is 7.87. The van der Waals surface area contributed by atoms with E-state index in [-0.39, 0.29) is 0 Å². The van der Waals surface area contributed by atoms with Gasteiger partial charge in [-0.25, -0.2) is 0 Å². The Balaban J connectivity index is 1.68. The van der Waals surface area contributed by atoms with Crippen molar-refractivity contribution in [2.24, 2.45) is 0 Å². The van der Waals surface area contributed by atoms with Crippen molar-refractivity contribution in [1.82, 2.24) is 10.2 Å². The van der Waals surface area contributed by atoms with Crippen LogP contribution in [0.2, 0.25) is 0 Å². The van der Waals surface area contributed by atoms with Crippen LogP contribution in [0.25, 0.3) is 0 Å². The molecule has 4 rings (SSSR count). The maximum Gasteiger partial charge on any atom is 0.0361 e. The molecule has 2 aliphatic carbocycles. The highest BCUT2D eigenvalue weighted by Gasteiger charge is 2.44. The van der Waals surface area contributed by atoms with Crippen LogP contribution in [0, 0.1) is 0 Å². The molecule has 1 heterocycles. The number of hydrogen-bond acceptors (Lipinski definition) is 2. The second-order valence-electron chi connectivity index (χ2n) is 7.02. The van der Waals surface area contributed by atoms with Crippen molar-refractivity contribution in [3.05, 3.63) is 33.8 Å². The Bertz CT molecular complexity index is 514. The van der Waals surface area contributed by atoms with Gasteiger partial charge in [-0.2, -0.15) is 0 Å². The number of fused-ring (bicyclic) bond motifs is 1. The Labute approximate surface area is 136 Å². The average Bonchev–Trinajstić information content (AvgIpc) is 2.94. The van der Waals surface area contributed by atoms with E-state index in [1.54, 1.807) is 11.1 Å². The van der Waals surface area contributed by atoms with Crippen LogP contribution < -0.4 is 5.32 Å². The van der Waals surface area contributed by atoms with Crippen LogP contribution in [0.3, 0.4) is 0 Å². The average molecular weight is 349 g/mol. The lowest BCUT2D eigenvalue weighted by Crippen LogP contribution is -2.62. The third-order valence-corrected chi connectivity index (χ3v) is 6.68. The van der Waals surface area contributed by atoms with Gasteiger partial charge in [-0.15, -0.1) is 0 Å². The van der Waals surface area contributed by atoms with E-state index in [9.17, 15) is 0 Å². The summed E-state index contributed by atoms with van der Waals surface area (Å²) in [6, 6.07) is 7.44. The summed E-state index contributed by atoms with van der Waals surface area (Å²) >= 11 is 3.76. The number of piperazine rings is 1. The molecule has 3 aliphatic rings. The molecular weight excluding hydrogens is 324 g/mol. The summed E-state index contributed by atoms with van der Waals surface area (Å²) in [5, 5.41) is 3.68. The van der Waals surface area contributed by atoms with Gasteiger partial charge in [-0.1, -0.05) is 47.3 Å². The maximum absolute atomic E-state index is 3.76. The largest absolute Gasteiger partial charge is 0.314 e. The Kier molecular flexibility index (Phi) is 3.85. The first-order valence-corrected chi connectivity index (χ1v) is 9.34. The predicted molar refractivity (Wildman–Crippen MR) is 90.6 cm³/mol. The normalized spacial score (nSPS) is 28.7. The zero-order valence-corrected chi connectivity index (χ0v) is 14.3. The summed E-state index contributed by atoms with van der Waals surface area (Å²) in [6.07, 6.45) is 9.58. The van der Waals surface area contributed by atoms with Crippen molar-refractivity contribution < 1.29 is 0 Å². The van der Waals surface area contributed by atoms with Crippen molar-refractivity contribution in [3.63, 3.8) is 0 Å². The molecule has 1 aromatic carbocycles. The van der Waals surface area contributed by atoms with Gasteiger partial charge in [0.1, 0.15) is 0 Å². The van der Waals surface area contributed by atoms with Gasteiger partial charge in [-0.05, 0) is 42.9 Å². The smallest absolute Gasteiger partial charge is 0.0361 e. The lowest BCUT2D eigenvalue weighted by Gasteiger charge is -2.52. The van der Waals surface area contributed by atoms with E-state index in [0.29, 0.717) is 11.6 Å². The molecule has 0 aromatic heterocycles. The zero-order chi connectivity index (χ0) is 14.3. The fourth-order valence-corrected chi connectivity index (χ4v) is 5.51. The Morgan fingerprint density at radius 1 is 1.19 bits per heavy atom. The highest BCUT2D eigenvalue weighted by atomic mass is 79.9. The van der Waals surface area contributed by atoms with Gasteiger partial charge in [0.15, 0.2) is 0 Å². The number of rotatable bonds is 1. The zero-order valence-electron chi connectivity index (χ0n) is 12.7. The maximum atomic E-state index is 3.76. The van der Waals surface area contributed by atoms with Crippen LogP contribution in [0.15, 0.2) is 22.7 Å². The standard InChI is InChI=1S/C18H25BrN2/c19-16-6-4-5-15-14(16)7-8-17(15)21-12-11-20-13-18(21)9-2-1-3-10-18/h4-6,17,20H,1-3,7-13H2. The molecule has 1 aromatic rings. The van der Waals surface area contributed by atoms with E-state index in [2.05, 4.69) is 44.3 Å². The molecule has 1 spiro atoms. The van der Waals surface area contributed by atoms with Gasteiger partial charge >= 0.3 is 0 Å². The lowest BCUT2D eigenvalue weighted by atomic mass is 9.78. The van der Waals surface area contributed by atoms with Gasteiger partial charge in [0, 0.05) is 35.7 Å². The molecule has 21 heavy (non-hydrogen) atoms. The molecular formula is C18H25BrN2. The van der Waals surface area contributed by atoms with Crippen LogP contribution in [0.1, 0.15) is 55.7 Å². The molecule has 1 atom stereocenters. The Hall–Kier alpha value is -0.380. The van der Waals surface area contributed by atoms with Gasteiger partial charge in [-0.3, -0.25) is 4.90 Å². The quantitative estimate of drug-likeness (QED) is 0.823. The third-order valence-electron chi connectivity index (χ3n) is 5.94. The molecule has 1 aliphatic heterocycles. The van der Waals surface area contributed by atoms with E-state index in [4.69, 9.17) is 0 Å². The van der Waals surface area contributed by atoms with Gasteiger partial charge in [0.2, 0.25) is 0 Å². The minimum absolute atomic E-state index is 0.436. The Morgan fingerprint density at radius 2 is 2.05 bits per heavy atom. The minimum Gasteiger partial charge on any atom is -0.314 e. The van der Waals surface area contributed by atoms with Crippen molar-refractivity contribution in [3.8, 4) is 0 Å². The molecule has 1 unspecified atom stereocenters. The van der Waals surface area contributed by atoms with Crippen molar-refractivity contribution in [1.29, 1.82) is 0 Å². The molecule has 0 amide bonds. The molecule has 1 saturated heterocycles. The van der Waals surface area contributed by atoms with Crippen molar-refractivity contribution in [2.45, 2.75) is 56.5 Å². The summed E-state index contributed by atoms with van der Waals surface area (Å²) in [6.45, 7) is 3.57. The van der Waals surface area contributed by atoms with Crippen LogP contribution in [0.5, 0.6) is 0 Å². The second kappa shape index (κ2) is 5.68. The Morgan fingerprint density at radius 3 is 2.90 bits per heavy atom. The summed E-state index contributed by atoms with van der Waals surface area (Å²) in [4.78, 5) is 2.89. The fraction of sp³-hybridized carbons (Fsp3) is 0.667. The monoisotopic (exact) mass is 348 g/mol. The first-order valence-electron chi connectivity index (χ1n) is 8.55. The summed E-state index contributed by atoms with van der Waals surface area (Å²) in [7, 11) is 0. The summed E-state index contributed by atoms with van der Waals surface area (Å²) < 4.78 is 1.32. The van der Waals surface area contributed by atoms with E-state index in [1.807, 2.05) is 0 Å². The molecule has 0 bridgehead atoms. The topological polar surface area (TPSA) is 15.3 Å². The van der Waals surface area contributed by atoms with E-state index in [0.717, 1.165) is 6.54 Å². The van der Waals surface area contributed by atoms with Gasteiger partial charge < -0.3 is 5.32 Å². The minimum atomic E-state index is 0.436. The molecule has 114 valence electrons. The predicted octanol–water partition coefficient (Wildman–Crippen LogP) is 4.04. The first-order chi connectivity index (χ1) is 10.3. The highest BCUT2D eigenvalue weighted by molar-refractivity contribution is 9.10. The molecule has 2 nitrogen and oxygen atoms in total. The molecule has 1 N–H and O–H groups in total. The molecule has 3 heteroatoms. The molecule has 1 saturated carbocycles. The van der Waals surface area contributed by atoms with Crippen LogP contribution in [-0.2, 0) is 6.42 Å². The van der Waals surface area contributed by atoms with E-state index >= 15 is 0 Å². The van der Waals surface area contributed by atoms with Crippen LogP contribution in [-0.4, -0.2) is 30.1 Å². The SMILES string of the molecule is Brc1cccc2c1CCC2N1CCNCC12CCCCC2. The van der Waals surface area contributed by atoms with Crippen molar-refractivity contribution in [2.75, 3.05) is 19.6 Å². The number of halogens is 1. The number of hydrogen-bond donors (Lipinski definition) is 1. The van der Waals surface area contributed by atoms with Crippen LogP contribution >= 0.6 is 15.9 Å². The first kappa shape index (κ1) is 14.2. The summed E-state index contributed by atoms with van der Waals surface area (Å²) in [5.41, 5.74) is 3.59. The number of benzene rings is 1. The fourth-order valence-electron chi connectivity index (χ4n) is 4.93. The van der Waals surface area contributed by atoms with Crippen molar-refractivity contribution >= 4 is 15.9 Å². The van der Waals surface area contributed by atoms with E-state index in [1.165, 1.54) is 62.5 Å². The third kappa shape index (κ3) is 2.38. The molecule has 2 fully saturated rings. The van der Waals surface area contributed by atoms with Gasteiger partial charge in [0.25, 0.3) is 0 Å².